The number of nitrogens with zero attached hydrogens (tertiary/aromatic N) is 1. The Balaban J connectivity index is 1.67. The van der Waals surface area contributed by atoms with E-state index in [4.69, 9.17) is 11.6 Å². The molecule has 1 aromatic carbocycles. The average Bonchev–Trinajstić information content (AvgIpc) is 3.14. The van der Waals surface area contributed by atoms with Gasteiger partial charge in [-0.3, -0.25) is 9.59 Å². The van der Waals surface area contributed by atoms with Gasteiger partial charge in [-0.1, -0.05) is 30.5 Å². The molecule has 0 bridgehead atoms. The fraction of sp³-hybridized carbons (Fsp3) is 0.476. The van der Waals surface area contributed by atoms with Crippen LogP contribution in [0.2, 0.25) is 5.02 Å². The van der Waals surface area contributed by atoms with E-state index >= 15 is 0 Å². The summed E-state index contributed by atoms with van der Waals surface area (Å²) in [4.78, 5) is 28.7. The van der Waals surface area contributed by atoms with Crippen molar-refractivity contribution in [2.45, 2.75) is 44.2 Å². The Morgan fingerprint density at radius 2 is 2.14 bits per heavy atom. The molecule has 1 heterocycles. The minimum absolute atomic E-state index is 0.147. The van der Waals surface area contributed by atoms with Crippen molar-refractivity contribution in [3.05, 3.63) is 35.0 Å². The highest BCUT2D eigenvalue weighted by molar-refractivity contribution is 7.98. The van der Waals surface area contributed by atoms with Gasteiger partial charge in [0.2, 0.25) is 5.91 Å². The maximum Gasteiger partial charge on any atom is 0.267 e. The van der Waals surface area contributed by atoms with Gasteiger partial charge in [0, 0.05) is 22.0 Å². The lowest BCUT2D eigenvalue weighted by atomic mass is 9.83. The van der Waals surface area contributed by atoms with Crippen LogP contribution >= 0.6 is 23.4 Å². The zero-order valence-electron chi connectivity index (χ0n) is 16.3. The van der Waals surface area contributed by atoms with Crippen molar-refractivity contribution in [1.82, 2.24) is 15.6 Å². The number of aromatic amines is 1. The summed E-state index contributed by atoms with van der Waals surface area (Å²) in [6.45, 7) is 0. The summed E-state index contributed by atoms with van der Waals surface area (Å²) < 4.78 is 0. The zero-order chi connectivity index (χ0) is 20.8. The molecule has 3 atom stereocenters. The number of H-pyrrole nitrogens is 1. The van der Waals surface area contributed by atoms with Gasteiger partial charge in [0.15, 0.2) is 0 Å². The van der Waals surface area contributed by atoms with Gasteiger partial charge in [0.25, 0.3) is 5.91 Å². The first-order valence-corrected chi connectivity index (χ1v) is 11.6. The highest BCUT2D eigenvalue weighted by atomic mass is 35.5. The molecular formula is C21H25ClN4O2S. The lowest BCUT2D eigenvalue weighted by Crippen LogP contribution is -2.50. The third-order valence-corrected chi connectivity index (χ3v) is 6.21. The van der Waals surface area contributed by atoms with Crippen LogP contribution < -0.4 is 10.6 Å². The van der Waals surface area contributed by atoms with E-state index in [0.29, 0.717) is 23.6 Å². The quantitative estimate of drug-likeness (QED) is 0.618. The Bertz CT molecular complexity index is 923. The van der Waals surface area contributed by atoms with Crippen LogP contribution in [0.15, 0.2) is 24.3 Å². The molecule has 1 aliphatic carbocycles. The zero-order valence-corrected chi connectivity index (χ0v) is 17.9. The average molecular weight is 433 g/mol. The Kier molecular flexibility index (Phi) is 7.45. The molecule has 1 aliphatic rings. The molecule has 2 aromatic rings. The van der Waals surface area contributed by atoms with E-state index in [9.17, 15) is 14.9 Å². The van der Waals surface area contributed by atoms with Gasteiger partial charge in [0.05, 0.1) is 12.0 Å². The predicted octanol–water partition coefficient (Wildman–Crippen LogP) is 3.87. The number of carbonyl (C=O) groups excluding carboxylic acids is 2. The Hall–Kier alpha value is -2.17. The van der Waals surface area contributed by atoms with E-state index in [2.05, 4.69) is 21.7 Å². The number of aromatic nitrogens is 1. The molecule has 1 saturated carbocycles. The maximum absolute atomic E-state index is 12.8. The first-order valence-electron chi connectivity index (χ1n) is 9.80. The smallest absolute Gasteiger partial charge is 0.267 e. The molecule has 1 aromatic heterocycles. The Morgan fingerprint density at radius 3 is 2.90 bits per heavy atom. The summed E-state index contributed by atoms with van der Waals surface area (Å²) >= 11 is 7.66. The highest BCUT2D eigenvalue weighted by Gasteiger charge is 2.33. The maximum atomic E-state index is 12.8. The van der Waals surface area contributed by atoms with Gasteiger partial charge >= 0.3 is 0 Å². The first-order chi connectivity index (χ1) is 14.0. The number of nitriles is 1. The van der Waals surface area contributed by atoms with Gasteiger partial charge in [0.1, 0.15) is 11.7 Å². The summed E-state index contributed by atoms with van der Waals surface area (Å²) in [6, 6.07) is 8.63. The van der Waals surface area contributed by atoms with Crippen LogP contribution in [-0.2, 0) is 4.79 Å². The summed E-state index contributed by atoms with van der Waals surface area (Å²) in [5, 5.41) is 16.7. The fourth-order valence-electron chi connectivity index (χ4n) is 3.77. The SMILES string of the molecule is CSCC[C@@H](C#N)NC(=O)[C@@H]1CCCC[C@@H]1NC(=O)c1cc2ccc(Cl)cc2[nH]1. The normalized spacial score (nSPS) is 20.0. The third kappa shape index (κ3) is 5.46. The van der Waals surface area contributed by atoms with Crippen LogP contribution in [-0.4, -0.2) is 40.9 Å². The van der Waals surface area contributed by atoms with Gasteiger partial charge in [-0.25, -0.2) is 0 Å². The molecule has 1 fully saturated rings. The van der Waals surface area contributed by atoms with Crippen molar-refractivity contribution < 1.29 is 9.59 Å². The minimum Gasteiger partial charge on any atom is -0.350 e. The molecule has 154 valence electrons. The van der Waals surface area contributed by atoms with Crippen molar-refractivity contribution in [3.63, 3.8) is 0 Å². The molecule has 3 rings (SSSR count). The van der Waals surface area contributed by atoms with Gasteiger partial charge in [-0.2, -0.15) is 17.0 Å². The summed E-state index contributed by atoms with van der Waals surface area (Å²) in [5.74, 6) is 0.109. The number of amides is 2. The van der Waals surface area contributed by atoms with Crippen molar-refractivity contribution >= 4 is 46.1 Å². The molecule has 3 N–H and O–H groups in total. The van der Waals surface area contributed by atoms with Crippen LogP contribution in [0, 0.1) is 17.2 Å². The fourth-order valence-corrected chi connectivity index (χ4v) is 4.41. The number of rotatable bonds is 7. The van der Waals surface area contributed by atoms with E-state index in [1.165, 1.54) is 0 Å². The molecular weight excluding hydrogens is 408 g/mol. The lowest BCUT2D eigenvalue weighted by Gasteiger charge is -2.31. The first kappa shape index (κ1) is 21.5. The number of hydrogen-bond donors (Lipinski definition) is 3. The molecule has 29 heavy (non-hydrogen) atoms. The van der Waals surface area contributed by atoms with Crippen LogP contribution in [0.25, 0.3) is 10.9 Å². The van der Waals surface area contributed by atoms with E-state index in [1.54, 1.807) is 30.0 Å². The van der Waals surface area contributed by atoms with Gasteiger partial charge in [-0.15, -0.1) is 0 Å². The van der Waals surface area contributed by atoms with Crippen molar-refractivity contribution in [1.29, 1.82) is 5.26 Å². The predicted molar refractivity (Wildman–Crippen MR) is 117 cm³/mol. The summed E-state index contributed by atoms with van der Waals surface area (Å²) in [7, 11) is 0. The number of nitrogens with one attached hydrogen (secondary N) is 3. The topological polar surface area (TPSA) is 97.8 Å². The third-order valence-electron chi connectivity index (χ3n) is 5.33. The minimum atomic E-state index is -0.494. The molecule has 0 spiro atoms. The number of hydrogen-bond acceptors (Lipinski definition) is 4. The molecule has 6 nitrogen and oxygen atoms in total. The molecule has 2 amide bonds. The molecule has 0 aliphatic heterocycles. The number of thioether (sulfide) groups is 1. The monoisotopic (exact) mass is 432 g/mol. The molecule has 0 unspecified atom stereocenters. The van der Waals surface area contributed by atoms with Crippen LogP contribution in [0.1, 0.15) is 42.6 Å². The van der Waals surface area contributed by atoms with Crippen molar-refractivity contribution in [2.24, 2.45) is 5.92 Å². The number of benzene rings is 1. The standard InChI is InChI=1S/C21H25ClN4O2S/c1-29-9-8-15(12-23)24-20(27)16-4-2-3-5-17(16)26-21(28)19-10-13-6-7-14(22)11-18(13)25-19/h6-7,10-11,15-17,25H,2-5,8-9H2,1H3,(H,24,27)(H,26,28)/t15-,16+,17-/m0/s1. The van der Waals surface area contributed by atoms with Crippen LogP contribution in [0.4, 0.5) is 0 Å². The highest BCUT2D eigenvalue weighted by Crippen LogP contribution is 2.26. The van der Waals surface area contributed by atoms with Crippen molar-refractivity contribution in [3.8, 4) is 6.07 Å². The second-order valence-corrected chi connectivity index (χ2v) is 8.78. The largest absolute Gasteiger partial charge is 0.350 e. The van der Waals surface area contributed by atoms with E-state index in [1.807, 2.05) is 12.3 Å². The van der Waals surface area contributed by atoms with Crippen LogP contribution in [0.5, 0.6) is 0 Å². The van der Waals surface area contributed by atoms with Crippen LogP contribution in [0.3, 0.4) is 0 Å². The molecule has 0 radical (unpaired) electrons. The molecule has 8 heteroatoms. The van der Waals surface area contributed by atoms with E-state index in [0.717, 1.165) is 35.9 Å². The summed E-state index contributed by atoms with van der Waals surface area (Å²) in [5.41, 5.74) is 1.24. The van der Waals surface area contributed by atoms with Gasteiger partial charge in [-0.05, 0) is 49.5 Å². The van der Waals surface area contributed by atoms with E-state index in [-0.39, 0.29) is 23.8 Å². The summed E-state index contributed by atoms with van der Waals surface area (Å²) in [6.07, 6.45) is 5.95. The van der Waals surface area contributed by atoms with Gasteiger partial charge < -0.3 is 15.6 Å². The number of fused-ring (bicyclic) bond motifs is 1. The van der Waals surface area contributed by atoms with E-state index < -0.39 is 6.04 Å². The molecule has 0 saturated heterocycles. The lowest BCUT2D eigenvalue weighted by molar-refractivity contribution is -0.127. The van der Waals surface area contributed by atoms with Crippen molar-refractivity contribution in [2.75, 3.05) is 12.0 Å². The number of halogens is 1. The second-order valence-electron chi connectivity index (χ2n) is 7.36. The Morgan fingerprint density at radius 1 is 1.34 bits per heavy atom. The number of carbonyl (C=O) groups is 2. The second kappa shape index (κ2) is 10.0. The Labute approximate surface area is 179 Å².